The van der Waals surface area contributed by atoms with E-state index in [1.54, 1.807) is 12.1 Å². The molecule has 0 aliphatic heterocycles. The molecule has 0 fully saturated rings. The summed E-state index contributed by atoms with van der Waals surface area (Å²) in [5.74, 6) is 1.21. The highest BCUT2D eigenvalue weighted by molar-refractivity contribution is 6.17. The number of H-pyrrole nitrogens is 1. The van der Waals surface area contributed by atoms with Gasteiger partial charge in [-0.15, -0.1) is 16.7 Å². The highest BCUT2D eigenvalue weighted by atomic mass is 35.5. The average molecular weight is 270 g/mol. The van der Waals surface area contributed by atoms with Crippen LogP contribution in [0.15, 0.2) is 16.9 Å². The Kier molecular flexibility index (Phi) is 3.56. The number of fused-ring (bicyclic) bond motifs is 1. The summed E-state index contributed by atoms with van der Waals surface area (Å²) in [5.41, 5.74) is 0.0285. The molecule has 18 heavy (non-hydrogen) atoms. The van der Waals surface area contributed by atoms with Crippen LogP contribution in [0.1, 0.15) is 26.7 Å². The maximum Gasteiger partial charge on any atom is 0.364 e. The Labute approximate surface area is 109 Å². The lowest BCUT2D eigenvalue weighted by atomic mass is 9.95. The van der Waals surface area contributed by atoms with Crippen LogP contribution in [0, 0.1) is 0 Å². The van der Waals surface area contributed by atoms with E-state index in [9.17, 15) is 4.79 Å². The first-order valence-corrected chi connectivity index (χ1v) is 6.40. The number of aromatic nitrogens is 4. The van der Waals surface area contributed by atoms with E-state index in [0.717, 1.165) is 12.8 Å². The third-order valence-electron chi connectivity index (χ3n) is 3.13. The Morgan fingerprint density at radius 1 is 1.56 bits per heavy atom. The van der Waals surface area contributed by atoms with Crippen LogP contribution < -0.4 is 11.0 Å². The van der Waals surface area contributed by atoms with Gasteiger partial charge in [0, 0.05) is 11.4 Å². The highest BCUT2D eigenvalue weighted by Gasteiger charge is 2.21. The summed E-state index contributed by atoms with van der Waals surface area (Å²) in [5, 5.41) is 13.7. The van der Waals surface area contributed by atoms with Gasteiger partial charge in [-0.05, 0) is 31.9 Å². The molecule has 7 heteroatoms. The fourth-order valence-electron chi connectivity index (χ4n) is 1.71. The van der Waals surface area contributed by atoms with Gasteiger partial charge in [0.1, 0.15) is 5.82 Å². The molecule has 0 aliphatic rings. The lowest BCUT2D eigenvalue weighted by molar-refractivity contribution is 0.478. The summed E-state index contributed by atoms with van der Waals surface area (Å²) in [6, 6.07) is 3.54. The summed E-state index contributed by atoms with van der Waals surface area (Å²) >= 11 is 5.80. The van der Waals surface area contributed by atoms with Gasteiger partial charge in [0.05, 0.1) is 0 Å². The topological polar surface area (TPSA) is 75.1 Å². The Morgan fingerprint density at radius 2 is 2.33 bits per heavy atom. The second-order valence-electron chi connectivity index (χ2n) is 4.50. The van der Waals surface area contributed by atoms with Crippen LogP contribution in [0.3, 0.4) is 0 Å². The molecule has 0 saturated carbocycles. The van der Waals surface area contributed by atoms with Crippen LogP contribution in [0.25, 0.3) is 5.65 Å². The fourth-order valence-corrected chi connectivity index (χ4v) is 2.13. The average Bonchev–Trinajstić information content (AvgIpc) is 2.71. The number of alkyl halides is 1. The first-order chi connectivity index (χ1) is 8.58. The molecule has 6 nitrogen and oxygen atoms in total. The molecule has 0 aliphatic carbocycles. The van der Waals surface area contributed by atoms with Crippen LogP contribution in [0.5, 0.6) is 0 Å². The minimum atomic E-state index is -0.343. The molecule has 0 aromatic carbocycles. The van der Waals surface area contributed by atoms with Crippen molar-refractivity contribution >= 4 is 23.1 Å². The number of nitrogens with one attached hydrogen (secondary N) is 2. The van der Waals surface area contributed by atoms with E-state index in [1.807, 2.05) is 0 Å². The summed E-state index contributed by atoms with van der Waals surface area (Å²) in [6.45, 7) is 4.17. The number of anilines is 1. The van der Waals surface area contributed by atoms with Gasteiger partial charge >= 0.3 is 5.69 Å². The van der Waals surface area contributed by atoms with Crippen LogP contribution >= 0.6 is 11.6 Å². The Hall–Kier alpha value is -1.56. The zero-order valence-electron chi connectivity index (χ0n) is 10.4. The Bertz CT molecular complexity index is 592. The van der Waals surface area contributed by atoms with Crippen molar-refractivity contribution in [2.45, 2.75) is 32.2 Å². The van der Waals surface area contributed by atoms with Gasteiger partial charge in [0.15, 0.2) is 5.65 Å². The van der Waals surface area contributed by atoms with Crippen LogP contribution in [-0.2, 0) is 0 Å². The van der Waals surface area contributed by atoms with Gasteiger partial charge in [0.25, 0.3) is 0 Å². The molecule has 0 radical (unpaired) electrons. The second kappa shape index (κ2) is 4.97. The lowest BCUT2D eigenvalue weighted by Gasteiger charge is -2.29. The third-order valence-corrected chi connectivity index (χ3v) is 3.32. The second-order valence-corrected chi connectivity index (χ2v) is 4.87. The quantitative estimate of drug-likeness (QED) is 0.809. The predicted molar refractivity (Wildman–Crippen MR) is 71.3 cm³/mol. The molecular formula is C11H16ClN5O. The standard InChI is InChI=1S/C11H16ClN5O/c1-3-11(2,6-7-12)13-8-4-5-9-14-15-10(18)17(9)16-8/h4-5H,3,6-7H2,1-2H3,(H,13,16)(H,15,18). The minimum Gasteiger partial charge on any atom is -0.363 e. The lowest BCUT2D eigenvalue weighted by Crippen LogP contribution is -2.35. The molecule has 2 aromatic rings. The molecule has 1 unspecified atom stereocenters. The fraction of sp³-hybridized carbons (Fsp3) is 0.545. The zero-order chi connectivity index (χ0) is 13.2. The van der Waals surface area contributed by atoms with Gasteiger partial charge in [-0.3, -0.25) is 0 Å². The summed E-state index contributed by atoms with van der Waals surface area (Å²) in [4.78, 5) is 11.4. The van der Waals surface area contributed by atoms with Crippen molar-refractivity contribution in [3.8, 4) is 0 Å². The van der Waals surface area contributed by atoms with E-state index in [4.69, 9.17) is 11.6 Å². The van der Waals surface area contributed by atoms with Crippen molar-refractivity contribution in [1.29, 1.82) is 0 Å². The van der Waals surface area contributed by atoms with Gasteiger partial charge < -0.3 is 5.32 Å². The normalized spacial score (nSPS) is 14.6. The first kappa shape index (κ1) is 12.9. The molecule has 2 heterocycles. The van der Waals surface area contributed by atoms with E-state index < -0.39 is 0 Å². The third kappa shape index (κ3) is 2.48. The minimum absolute atomic E-state index is 0.129. The predicted octanol–water partition coefficient (Wildman–Crippen LogP) is 1.63. The van der Waals surface area contributed by atoms with Crippen molar-refractivity contribution in [3.63, 3.8) is 0 Å². The van der Waals surface area contributed by atoms with Gasteiger partial charge in [0.2, 0.25) is 0 Å². The zero-order valence-corrected chi connectivity index (χ0v) is 11.2. The van der Waals surface area contributed by atoms with E-state index in [-0.39, 0.29) is 11.2 Å². The SMILES string of the molecule is CCC(C)(CCCl)Nc1ccc2n[nH]c(=O)n2n1. The number of hydrogen-bond donors (Lipinski definition) is 2. The maximum absolute atomic E-state index is 11.4. The van der Waals surface area contributed by atoms with Gasteiger partial charge in [-0.1, -0.05) is 6.92 Å². The van der Waals surface area contributed by atoms with E-state index in [1.165, 1.54) is 4.52 Å². The molecule has 2 aromatic heterocycles. The van der Waals surface area contributed by atoms with Gasteiger partial charge in [-0.2, -0.15) is 9.61 Å². The first-order valence-electron chi connectivity index (χ1n) is 5.86. The number of hydrogen-bond acceptors (Lipinski definition) is 4. The smallest absolute Gasteiger partial charge is 0.363 e. The molecule has 2 N–H and O–H groups in total. The Morgan fingerprint density at radius 3 is 3.00 bits per heavy atom. The number of aromatic amines is 1. The van der Waals surface area contributed by atoms with Crippen molar-refractivity contribution in [1.82, 2.24) is 19.8 Å². The van der Waals surface area contributed by atoms with Crippen LogP contribution in [0.4, 0.5) is 5.82 Å². The number of halogens is 1. The van der Waals surface area contributed by atoms with Crippen molar-refractivity contribution < 1.29 is 0 Å². The molecule has 0 amide bonds. The molecule has 0 bridgehead atoms. The molecular weight excluding hydrogens is 254 g/mol. The van der Waals surface area contributed by atoms with E-state index in [2.05, 4.69) is 34.5 Å². The summed E-state index contributed by atoms with van der Waals surface area (Å²) in [7, 11) is 0. The van der Waals surface area contributed by atoms with E-state index in [0.29, 0.717) is 17.3 Å². The number of nitrogens with zero attached hydrogens (tertiary/aromatic N) is 3. The molecule has 0 spiro atoms. The van der Waals surface area contributed by atoms with Crippen molar-refractivity contribution in [2.24, 2.45) is 0 Å². The largest absolute Gasteiger partial charge is 0.364 e. The van der Waals surface area contributed by atoms with Gasteiger partial charge in [-0.25, -0.2) is 9.89 Å². The molecule has 98 valence electrons. The van der Waals surface area contributed by atoms with E-state index >= 15 is 0 Å². The Balaban J connectivity index is 2.31. The summed E-state index contributed by atoms with van der Waals surface area (Å²) in [6.07, 6.45) is 1.74. The molecule has 0 saturated heterocycles. The van der Waals surface area contributed by atoms with Crippen LogP contribution in [-0.4, -0.2) is 31.2 Å². The van der Waals surface area contributed by atoms with Crippen molar-refractivity contribution in [2.75, 3.05) is 11.2 Å². The highest BCUT2D eigenvalue weighted by Crippen LogP contribution is 2.20. The van der Waals surface area contributed by atoms with Crippen LogP contribution in [0.2, 0.25) is 0 Å². The monoisotopic (exact) mass is 269 g/mol. The maximum atomic E-state index is 11.4. The van der Waals surface area contributed by atoms with Crippen molar-refractivity contribution in [3.05, 3.63) is 22.6 Å². The summed E-state index contributed by atoms with van der Waals surface area (Å²) < 4.78 is 1.24. The number of rotatable bonds is 5. The molecule has 1 atom stereocenters. The molecule has 2 rings (SSSR count).